The molecule has 2 N–H and O–H groups in total. The van der Waals surface area contributed by atoms with Gasteiger partial charge < -0.3 is 20.1 Å². The molecule has 140 valence electrons. The van der Waals surface area contributed by atoms with E-state index in [1.54, 1.807) is 7.05 Å². The van der Waals surface area contributed by atoms with Gasteiger partial charge in [-0.3, -0.25) is 4.99 Å². The van der Waals surface area contributed by atoms with Gasteiger partial charge >= 0.3 is 0 Å². The van der Waals surface area contributed by atoms with Crippen molar-refractivity contribution in [2.24, 2.45) is 4.99 Å². The maximum absolute atomic E-state index is 5.74. The van der Waals surface area contributed by atoms with Crippen LogP contribution < -0.4 is 20.1 Å². The minimum atomic E-state index is 0. The van der Waals surface area contributed by atoms with Gasteiger partial charge in [-0.1, -0.05) is 31.2 Å². The van der Waals surface area contributed by atoms with Crippen LogP contribution in [0.2, 0.25) is 0 Å². The number of hydrogen-bond donors (Lipinski definition) is 2. The quantitative estimate of drug-likeness (QED) is 0.402. The molecule has 0 aliphatic carbocycles. The average Bonchev–Trinajstić information content (AvgIpc) is 2.90. The fraction of sp³-hybridized carbons (Fsp3) is 0.350. The zero-order valence-corrected chi connectivity index (χ0v) is 17.6. The second-order valence-electron chi connectivity index (χ2n) is 5.89. The number of aryl methyl sites for hydroxylation is 1. The number of rotatable bonds is 4. The number of hydrogen-bond acceptors (Lipinski definition) is 3. The van der Waals surface area contributed by atoms with Crippen LogP contribution in [0.5, 0.6) is 11.5 Å². The molecule has 0 aromatic heterocycles. The van der Waals surface area contributed by atoms with Crippen molar-refractivity contribution in [3.8, 4) is 11.5 Å². The highest BCUT2D eigenvalue weighted by molar-refractivity contribution is 14.0. The van der Waals surface area contributed by atoms with Crippen LogP contribution in [0, 0.1) is 0 Å². The molecule has 0 radical (unpaired) electrons. The predicted molar refractivity (Wildman–Crippen MR) is 117 cm³/mol. The van der Waals surface area contributed by atoms with Crippen LogP contribution in [-0.2, 0) is 13.0 Å². The number of nitrogens with zero attached hydrogens (tertiary/aromatic N) is 1. The third-order valence-electron chi connectivity index (χ3n) is 4.18. The van der Waals surface area contributed by atoms with Crippen molar-refractivity contribution in [2.75, 3.05) is 25.6 Å². The van der Waals surface area contributed by atoms with Crippen molar-refractivity contribution in [3.05, 3.63) is 53.6 Å². The summed E-state index contributed by atoms with van der Waals surface area (Å²) in [7, 11) is 1.77. The average molecular weight is 467 g/mol. The molecule has 0 atom stereocenters. The Bertz CT molecular complexity index is 750. The summed E-state index contributed by atoms with van der Waals surface area (Å²) in [6.45, 7) is 4.27. The SMILES string of the molecule is CCc1ccccc1CNC(=NC)Nc1ccc2c(c1)OCCCO2.I. The van der Waals surface area contributed by atoms with Crippen LogP contribution in [0.15, 0.2) is 47.5 Å². The largest absolute Gasteiger partial charge is 0.490 e. The van der Waals surface area contributed by atoms with Crippen LogP contribution >= 0.6 is 24.0 Å². The van der Waals surface area contributed by atoms with Crippen LogP contribution in [-0.4, -0.2) is 26.2 Å². The molecule has 2 aromatic carbocycles. The van der Waals surface area contributed by atoms with Crippen molar-refractivity contribution < 1.29 is 9.47 Å². The summed E-state index contributed by atoms with van der Waals surface area (Å²) in [4.78, 5) is 4.31. The maximum Gasteiger partial charge on any atom is 0.195 e. The van der Waals surface area contributed by atoms with E-state index in [1.807, 2.05) is 18.2 Å². The van der Waals surface area contributed by atoms with Gasteiger partial charge in [0.05, 0.1) is 13.2 Å². The lowest BCUT2D eigenvalue weighted by atomic mass is 10.1. The number of guanidine groups is 1. The molecule has 0 amide bonds. The summed E-state index contributed by atoms with van der Waals surface area (Å²) in [5.41, 5.74) is 3.55. The summed E-state index contributed by atoms with van der Waals surface area (Å²) in [5, 5.41) is 6.68. The zero-order valence-electron chi connectivity index (χ0n) is 15.2. The summed E-state index contributed by atoms with van der Waals surface area (Å²) in [6, 6.07) is 14.3. The standard InChI is InChI=1S/C20H25N3O2.HI/c1-3-15-7-4-5-8-16(15)14-22-20(21-2)23-17-9-10-18-19(13-17)25-12-6-11-24-18;/h4-5,7-10,13H,3,6,11-12,14H2,1-2H3,(H2,21,22,23);1H. The first-order valence-electron chi connectivity index (χ1n) is 8.74. The van der Waals surface area contributed by atoms with E-state index < -0.39 is 0 Å². The van der Waals surface area contributed by atoms with E-state index in [4.69, 9.17) is 9.47 Å². The molecular weight excluding hydrogens is 441 g/mol. The van der Waals surface area contributed by atoms with E-state index in [0.717, 1.165) is 42.5 Å². The lowest BCUT2D eigenvalue weighted by Gasteiger charge is -2.15. The molecule has 0 spiro atoms. The third kappa shape index (κ3) is 5.27. The molecule has 0 bridgehead atoms. The van der Waals surface area contributed by atoms with Crippen LogP contribution in [0.25, 0.3) is 0 Å². The van der Waals surface area contributed by atoms with E-state index in [-0.39, 0.29) is 24.0 Å². The molecule has 6 heteroatoms. The first-order valence-corrected chi connectivity index (χ1v) is 8.74. The number of aliphatic imine (C=N–C) groups is 1. The Morgan fingerprint density at radius 3 is 2.50 bits per heavy atom. The van der Waals surface area contributed by atoms with Gasteiger partial charge in [0.1, 0.15) is 0 Å². The third-order valence-corrected chi connectivity index (χ3v) is 4.18. The molecule has 1 aliphatic heterocycles. The number of ether oxygens (including phenoxy) is 2. The van der Waals surface area contributed by atoms with Crippen molar-refractivity contribution in [3.63, 3.8) is 0 Å². The molecule has 26 heavy (non-hydrogen) atoms. The molecule has 0 saturated heterocycles. The predicted octanol–water partition coefficient (Wildman–Crippen LogP) is 4.22. The Hall–Kier alpha value is -1.96. The minimum Gasteiger partial charge on any atom is -0.490 e. The first-order chi connectivity index (χ1) is 12.3. The van der Waals surface area contributed by atoms with E-state index in [9.17, 15) is 0 Å². The fourth-order valence-corrected chi connectivity index (χ4v) is 2.81. The van der Waals surface area contributed by atoms with E-state index >= 15 is 0 Å². The minimum absolute atomic E-state index is 0. The fourth-order valence-electron chi connectivity index (χ4n) is 2.81. The molecular formula is C20H26IN3O2. The molecule has 5 nitrogen and oxygen atoms in total. The Morgan fingerprint density at radius 1 is 1.04 bits per heavy atom. The number of fused-ring (bicyclic) bond motifs is 1. The molecule has 3 rings (SSSR count). The first kappa shape index (κ1) is 20.4. The number of nitrogens with one attached hydrogen (secondary N) is 2. The van der Waals surface area contributed by atoms with E-state index in [1.165, 1.54) is 11.1 Å². The number of benzene rings is 2. The lowest BCUT2D eigenvalue weighted by Crippen LogP contribution is -2.30. The molecule has 0 unspecified atom stereocenters. The Labute approximate surface area is 172 Å². The highest BCUT2D eigenvalue weighted by Gasteiger charge is 2.11. The summed E-state index contributed by atoms with van der Waals surface area (Å²) in [5.74, 6) is 2.29. The van der Waals surface area contributed by atoms with Crippen LogP contribution in [0.1, 0.15) is 24.5 Å². The van der Waals surface area contributed by atoms with Gasteiger partial charge in [0.2, 0.25) is 0 Å². The van der Waals surface area contributed by atoms with Crippen LogP contribution in [0.4, 0.5) is 5.69 Å². The van der Waals surface area contributed by atoms with Crippen molar-refractivity contribution >= 4 is 35.6 Å². The smallest absolute Gasteiger partial charge is 0.195 e. The van der Waals surface area contributed by atoms with Gasteiger partial charge in [-0.25, -0.2) is 0 Å². The summed E-state index contributed by atoms with van der Waals surface area (Å²) >= 11 is 0. The molecule has 0 fully saturated rings. The maximum atomic E-state index is 5.74. The highest BCUT2D eigenvalue weighted by atomic mass is 127. The van der Waals surface area contributed by atoms with Gasteiger partial charge in [0.25, 0.3) is 0 Å². The van der Waals surface area contributed by atoms with E-state index in [0.29, 0.717) is 13.2 Å². The van der Waals surface area contributed by atoms with Crippen molar-refractivity contribution in [2.45, 2.75) is 26.3 Å². The second-order valence-corrected chi connectivity index (χ2v) is 5.89. The zero-order chi connectivity index (χ0) is 17.5. The van der Waals surface area contributed by atoms with Crippen molar-refractivity contribution in [1.82, 2.24) is 5.32 Å². The Morgan fingerprint density at radius 2 is 1.77 bits per heavy atom. The molecule has 0 saturated carbocycles. The van der Waals surface area contributed by atoms with E-state index in [2.05, 4.69) is 46.8 Å². The van der Waals surface area contributed by atoms with Gasteiger partial charge in [-0.2, -0.15) is 0 Å². The monoisotopic (exact) mass is 467 g/mol. The summed E-state index contributed by atoms with van der Waals surface area (Å²) in [6.07, 6.45) is 1.92. The molecule has 2 aromatic rings. The van der Waals surface area contributed by atoms with Crippen LogP contribution in [0.3, 0.4) is 0 Å². The Balaban J connectivity index is 0.00000243. The lowest BCUT2D eigenvalue weighted by molar-refractivity contribution is 0.297. The number of halogens is 1. The molecule has 1 heterocycles. The van der Waals surface area contributed by atoms with Gasteiger partial charge in [-0.05, 0) is 29.7 Å². The normalized spacial score (nSPS) is 13.4. The topological polar surface area (TPSA) is 54.9 Å². The molecule has 1 aliphatic rings. The number of anilines is 1. The summed E-state index contributed by atoms with van der Waals surface area (Å²) < 4.78 is 11.4. The Kier molecular flexibility index (Phi) is 8.03. The van der Waals surface area contributed by atoms with Crippen molar-refractivity contribution in [1.29, 1.82) is 0 Å². The second kappa shape index (κ2) is 10.3. The van der Waals surface area contributed by atoms with Gasteiger partial charge in [-0.15, -0.1) is 24.0 Å². The van der Waals surface area contributed by atoms with Gasteiger partial charge in [0, 0.05) is 31.8 Å². The highest BCUT2D eigenvalue weighted by Crippen LogP contribution is 2.32. The van der Waals surface area contributed by atoms with Gasteiger partial charge in [0.15, 0.2) is 17.5 Å².